The number of rotatable bonds is 4. The first kappa shape index (κ1) is 16.8. The Bertz CT molecular complexity index is 1150. The summed E-state index contributed by atoms with van der Waals surface area (Å²) < 4.78 is 14.4. The summed E-state index contributed by atoms with van der Waals surface area (Å²) in [7, 11) is 0. The highest BCUT2D eigenvalue weighted by molar-refractivity contribution is 6.07. The van der Waals surface area contributed by atoms with Crippen LogP contribution in [0.5, 0.6) is 0 Å². The third-order valence-corrected chi connectivity index (χ3v) is 4.26. The molecular weight excluding hydrogens is 339 g/mol. The zero-order chi connectivity index (χ0) is 18.6. The number of benzene rings is 3. The SMILES string of the molecule is O=C(/C=C/c1ccc2nccnc2c1)c1ccc(-c2ccccc2)c(F)c1. The maximum Gasteiger partial charge on any atom is 0.185 e. The van der Waals surface area contributed by atoms with Crippen LogP contribution in [0.3, 0.4) is 0 Å². The number of aromatic nitrogens is 2. The first-order chi connectivity index (χ1) is 13.2. The van der Waals surface area contributed by atoms with Gasteiger partial charge in [-0.15, -0.1) is 0 Å². The maximum atomic E-state index is 14.4. The van der Waals surface area contributed by atoms with Gasteiger partial charge in [0.1, 0.15) is 5.82 Å². The van der Waals surface area contributed by atoms with E-state index in [-0.39, 0.29) is 5.78 Å². The van der Waals surface area contributed by atoms with E-state index in [0.717, 1.165) is 22.2 Å². The highest BCUT2D eigenvalue weighted by Crippen LogP contribution is 2.23. The van der Waals surface area contributed by atoms with Crippen molar-refractivity contribution in [2.24, 2.45) is 0 Å². The number of fused-ring (bicyclic) bond motifs is 1. The lowest BCUT2D eigenvalue weighted by atomic mass is 10.0. The Hall–Kier alpha value is -3.66. The van der Waals surface area contributed by atoms with Gasteiger partial charge in [-0.25, -0.2) is 4.39 Å². The van der Waals surface area contributed by atoms with Crippen LogP contribution >= 0.6 is 0 Å². The molecule has 0 spiro atoms. The lowest BCUT2D eigenvalue weighted by Crippen LogP contribution is -1.96. The van der Waals surface area contributed by atoms with Crippen molar-refractivity contribution in [3.8, 4) is 11.1 Å². The van der Waals surface area contributed by atoms with Gasteiger partial charge < -0.3 is 0 Å². The second kappa shape index (κ2) is 7.30. The number of hydrogen-bond acceptors (Lipinski definition) is 3. The van der Waals surface area contributed by atoms with Gasteiger partial charge in [-0.05, 0) is 35.4 Å². The molecule has 130 valence electrons. The lowest BCUT2D eigenvalue weighted by Gasteiger charge is -2.05. The summed E-state index contributed by atoms with van der Waals surface area (Å²) in [6.45, 7) is 0. The molecule has 4 heteroatoms. The Balaban J connectivity index is 1.57. The fourth-order valence-corrected chi connectivity index (χ4v) is 2.87. The third kappa shape index (κ3) is 3.65. The van der Waals surface area contributed by atoms with Crippen molar-refractivity contribution in [1.29, 1.82) is 0 Å². The smallest absolute Gasteiger partial charge is 0.185 e. The van der Waals surface area contributed by atoms with Crippen LogP contribution in [-0.4, -0.2) is 15.8 Å². The van der Waals surface area contributed by atoms with E-state index in [0.29, 0.717) is 11.1 Å². The maximum absolute atomic E-state index is 14.4. The molecule has 0 saturated carbocycles. The number of hydrogen-bond donors (Lipinski definition) is 0. The average molecular weight is 354 g/mol. The zero-order valence-electron chi connectivity index (χ0n) is 14.3. The van der Waals surface area contributed by atoms with Crippen molar-refractivity contribution in [1.82, 2.24) is 9.97 Å². The molecule has 0 aliphatic heterocycles. The molecule has 27 heavy (non-hydrogen) atoms. The Morgan fingerprint density at radius 3 is 2.41 bits per heavy atom. The first-order valence-corrected chi connectivity index (χ1v) is 8.49. The standard InChI is InChI=1S/C23H15FN2O/c24-20-15-18(8-9-19(20)17-4-2-1-3-5-17)23(27)11-7-16-6-10-21-22(14-16)26-13-12-25-21/h1-15H/b11-7+. The Morgan fingerprint density at radius 2 is 1.63 bits per heavy atom. The fourth-order valence-electron chi connectivity index (χ4n) is 2.87. The summed E-state index contributed by atoms with van der Waals surface area (Å²) in [4.78, 5) is 20.9. The van der Waals surface area contributed by atoms with Crippen LogP contribution in [0.1, 0.15) is 15.9 Å². The van der Waals surface area contributed by atoms with Crippen molar-refractivity contribution >= 4 is 22.9 Å². The van der Waals surface area contributed by atoms with E-state index < -0.39 is 5.82 Å². The van der Waals surface area contributed by atoms with Gasteiger partial charge in [-0.3, -0.25) is 14.8 Å². The van der Waals surface area contributed by atoms with Crippen molar-refractivity contribution in [3.05, 3.63) is 102 Å². The van der Waals surface area contributed by atoms with Crippen LogP contribution in [0.25, 0.3) is 28.2 Å². The number of halogens is 1. The van der Waals surface area contributed by atoms with Crippen molar-refractivity contribution < 1.29 is 9.18 Å². The Morgan fingerprint density at radius 1 is 0.852 bits per heavy atom. The van der Waals surface area contributed by atoms with Crippen LogP contribution in [0.4, 0.5) is 4.39 Å². The molecule has 0 aliphatic rings. The second-order valence-corrected chi connectivity index (χ2v) is 6.06. The predicted molar refractivity (Wildman–Crippen MR) is 105 cm³/mol. The van der Waals surface area contributed by atoms with E-state index in [9.17, 15) is 9.18 Å². The zero-order valence-corrected chi connectivity index (χ0v) is 14.3. The molecular formula is C23H15FN2O. The summed E-state index contributed by atoms with van der Waals surface area (Å²) in [6, 6.07) is 19.4. The van der Waals surface area contributed by atoms with E-state index >= 15 is 0 Å². The molecule has 0 bridgehead atoms. The van der Waals surface area contributed by atoms with E-state index in [1.54, 1.807) is 30.6 Å². The molecule has 0 radical (unpaired) electrons. The number of allylic oxidation sites excluding steroid dienone is 1. The van der Waals surface area contributed by atoms with E-state index in [2.05, 4.69) is 9.97 Å². The highest BCUT2D eigenvalue weighted by atomic mass is 19.1. The third-order valence-electron chi connectivity index (χ3n) is 4.26. The minimum absolute atomic E-state index is 0.257. The van der Waals surface area contributed by atoms with Gasteiger partial charge in [0.15, 0.2) is 5.78 Å². The highest BCUT2D eigenvalue weighted by Gasteiger charge is 2.09. The molecule has 4 rings (SSSR count). The number of carbonyl (C=O) groups is 1. The molecule has 0 unspecified atom stereocenters. The van der Waals surface area contributed by atoms with Gasteiger partial charge in [0.25, 0.3) is 0 Å². The molecule has 3 aromatic carbocycles. The molecule has 1 aromatic heterocycles. The van der Waals surface area contributed by atoms with Crippen molar-refractivity contribution in [2.45, 2.75) is 0 Å². The normalized spacial score (nSPS) is 11.1. The van der Waals surface area contributed by atoms with Crippen LogP contribution in [0.15, 0.2) is 85.2 Å². The predicted octanol–water partition coefficient (Wildman–Crippen LogP) is 5.33. The summed E-state index contributed by atoms with van der Waals surface area (Å²) in [6.07, 6.45) is 6.39. The molecule has 0 aliphatic carbocycles. The summed E-state index contributed by atoms with van der Waals surface area (Å²) >= 11 is 0. The summed E-state index contributed by atoms with van der Waals surface area (Å²) in [5.41, 5.74) is 3.94. The van der Waals surface area contributed by atoms with Crippen LogP contribution < -0.4 is 0 Å². The lowest BCUT2D eigenvalue weighted by molar-refractivity contribution is 0.104. The van der Waals surface area contributed by atoms with Gasteiger partial charge in [0.05, 0.1) is 11.0 Å². The Kier molecular flexibility index (Phi) is 4.54. The molecule has 1 heterocycles. The first-order valence-electron chi connectivity index (χ1n) is 8.49. The van der Waals surface area contributed by atoms with Gasteiger partial charge >= 0.3 is 0 Å². The van der Waals surface area contributed by atoms with Gasteiger partial charge in [-0.2, -0.15) is 0 Å². The molecule has 0 amide bonds. The topological polar surface area (TPSA) is 42.9 Å². The monoisotopic (exact) mass is 354 g/mol. The molecule has 3 nitrogen and oxygen atoms in total. The van der Waals surface area contributed by atoms with Gasteiger partial charge in [0, 0.05) is 23.5 Å². The molecule has 0 atom stereocenters. The number of ketones is 1. The van der Waals surface area contributed by atoms with E-state index in [1.807, 2.05) is 48.5 Å². The summed E-state index contributed by atoms with van der Waals surface area (Å²) in [5, 5.41) is 0. The molecule has 4 aromatic rings. The molecule has 0 N–H and O–H groups in total. The largest absolute Gasteiger partial charge is 0.289 e. The minimum atomic E-state index is -0.415. The minimum Gasteiger partial charge on any atom is -0.289 e. The van der Waals surface area contributed by atoms with Gasteiger partial charge in [0.2, 0.25) is 0 Å². The quantitative estimate of drug-likeness (QED) is 0.367. The van der Waals surface area contributed by atoms with Crippen molar-refractivity contribution in [2.75, 3.05) is 0 Å². The van der Waals surface area contributed by atoms with Gasteiger partial charge in [-0.1, -0.05) is 54.6 Å². The number of nitrogens with zero attached hydrogens (tertiary/aromatic N) is 2. The van der Waals surface area contributed by atoms with E-state index in [1.165, 1.54) is 12.1 Å². The Labute approximate surface area is 155 Å². The van der Waals surface area contributed by atoms with Crippen LogP contribution in [0.2, 0.25) is 0 Å². The molecule has 0 fully saturated rings. The summed E-state index contributed by atoms with van der Waals surface area (Å²) in [5.74, 6) is -0.672. The van der Waals surface area contributed by atoms with E-state index in [4.69, 9.17) is 0 Å². The number of carbonyl (C=O) groups excluding carboxylic acids is 1. The second-order valence-electron chi connectivity index (χ2n) is 6.06. The van der Waals surface area contributed by atoms with Crippen LogP contribution in [0, 0.1) is 5.82 Å². The van der Waals surface area contributed by atoms with Crippen LogP contribution in [-0.2, 0) is 0 Å². The average Bonchev–Trinajstić information content (AvgIpc) is 2.72. The fraction of sp³-hybridized carbons (Fsp3) is 0. The van der Waals surface area contributed by atoms with Crippen molar-refractivity contribution in [3.63, 3.8) is 0 Å². The molecule has 0 saturated heterocycles.